The van der Waals surface area contributed by atoms with Crippen molar-refractivity contribution in [2.45, 2.75) is 19.9 Å². The maximum absolute atomic E-state index is 13.4. The number of hydrogen-bond donors (Lipinski definition) is 0. The van der Waals surface area contributed by atoms with E-state index >= 15 is 0 Å². The maximum Gasteiger partial charge on any atom is 0.254 e. The summed E-state index contributed by atoms with van der Waals surface area (Å²) >= 11 is 0. The third kappa shape index (κ3) is 3.94. The van der Waals surface area contributed by atoms with Gasteiger partial charge in [0.25, 0.3) is 5.91 Å². The number of piperazine rings is 1. The molecule has 186 valence electrons. The van der Waals surface area contributed by atoms with E-state index in [0.29, 0.717) is 19.6 Å². The number of methoxy groups -OCH3 is 1. The number of ether oxygens (including phenoxy) is 1. The number of aromatic nitrogens is 4. The van der Waals surface area contributed by atoms with Gasteiger partial charge in [-0.15, -0.1) is 10.2 Å². The molecule has 1 aliphatic heterocycles. The monoisotopic (exact) mass is 492 g/mol. The first-order valence-corrected chi connectivity index (χ1v) is 12.4. The van der Waals surface area contributed by atoms with Gasteiger partial charge in [-0.25, -0.2) is 9.38 Å². The normalized spacial score (nSPS) is 15.9. The summed E-state index contributed by atoms with van der Waals surface area (Å²) < 4.78 is 7.37. The lowest BCUT2D eigenvalue weighted by Gasteiger charge is -2.40. The lowest BCUT2D eigenvalue weighted by Crippen LogP contribution is -2.54. The number of para-hydroxylation sites is 1. The van der Waals surface area contributed by atoms with Gasteiger partial charge in [-0.2, -0.15) is 0 Å². The standard InChI is InChI=1S/C29H28N6O2/c1-19-8-4-5-9-23(19)28(36)34-17-16-33(18-20(34)2)29-30-25-11-7-6-10-24(25)27-32-31-26(35(27)29)21-12-14-22(37-3)15-13-21/h4-15,20H,16-18H2,1-3H3. The van der Waals surface area contributed by atoms with Crippen LogP contribution >= 0.6 is 0 Å². The van der Waals surface area contributed by atoms with Gasteiger partial charge in [-0.1, -0.05) is 30.3 Å². The van der Waals surface area contributed by atoms with Crippen LogP contribution in [-0.4, -0.2) is 63.2 Å². The highest BCUT2D eigenvalue weighted by molar-refractivity contribution is 5.96. The summed E-state index contributed by atoms with van der Waals surface area (Å²) in [7, 11) is 1.65. The first kappa shape index (κ1) is 23.0. The molecule has 8 nitrogen and oxygen atoms in total. The molecule has 1 fully saturated rings. The molecule has 5 aromatic rings. The Bertz CT molecular complexity index is 1610. The Kier molecular flexibility index (Phi) is 5.71. The van der Waals surface area contributed by atoms with Gasteiger partial charge in [0.2, 0.25) is 5.95 Å². The first-order chi connectivity index (χ1) is 18.0. The summed E-state index contributed by atoms with van der Waals surface area (Å²) in [5.41, 5.74) is 4.30. The quantitative estimate of drug-likeness (QED) is 0.365. The summed E-state index contributed by atoms with van der Waals surface area (Å²) in [6.07, 6.45) is 0. The van der Waals surface area contributed by atoms with Crippen molar-refractivity contribution >= 4 is 28.4 Å². The number of nitrogens with zero attached hydrogens (tertiary/aromatic N) is 6. The molecule has 0 aliphatic carbocycles. The third-order valence-corrected chi connectivity index (χ3v) is 7.12. The zero-order valence-electron chi connectivity index (χ0n) is 21.1. The summed E-state index contributed by atoms with van der Waals surface area (Å²) in [5.74, 6) is 2.35. The van der Waals surface area contributed by atoms with Crippen LogP contribution in [0.3, 0.4) is 0 Å². The fourth-order valence-electron chi connectivity index (χ4n) is 5.11. The van der Waals surface area contributed by atoms with Crippen LogP contribution in [0.15, 0.2) is 72.8 Å². The molecule has 1 unspecified atom stereocenters. The number of benzene rings is 3. The van der Waals surface area contributed by atoms with Gasteiger partial charge in [0.15, 0.2) is 11.5 Å². The van der Waals surface area contributed by atoms with Crippen LogP contribution in [0.25, 0.3) is 27.9 Å². The van der Waals surface area contributed by atoms with Gasteiger partial charge >= 0.3 is 0 Å². The van der Waals surface area contributed by atoms with Crippen molar-refractivity contribution in [1.82, 2.24) is 24.5 Å². The van der Waals surface area contributed by atoms with Gasteiger partial charge in [0.1, 0.15) is 5.75 Å². The van der Waals surface area contributed by atoms with Crippen LogP contribution in [0.2, 0.25) is 0 Å². The Hall–Kier alpha value is -4.46. The Morgan fingerprint density at radius 1 is 0.946 bits per heavy atom. The molecule has 6 rings (SSSR count). The predicted octanol–water partition coefficient (Wildman–Crippen LogP) is 4.61. The molecular weight excluding hydrogens is 464 g/mol. The van der Waals surface area contributed by atoms with Gasteiger partial charge in [-0.05, 0) is 61.9 Å². The van der Waals surface area contributed by atoms with Gasteiger partial charge in [-0.3, -0.25) is 4.79 Å². The second-order valence-electron chi connectivity index (χ2n) is 9.45. The van der Waals surface area contributed by atoms with Crippen molar-refractivity contribution in [2.24, 2.45) is 0 Å². The molecule has 8 heteroatoms. The fourth-order valence-corrected chi connectivity index (χ4v) is 5.11. The largest absolute Gasteiger partial charge is 0.497 e. The second-order valence-corrected chi connectivity index (χ2v) is 9.45. The SMILES string of the molecule is COc1ccc(-c2nnc3c4ccccc4nc(N4CCN(C(=O)c5ccccc5C)C(C)C4)n23)cc1. The Morgan fingerprint density at radius 2 is 1.70 bits per heavy atom. The Morgan fingerprint density at radius 3 is 2.46 bits per heavy atom. The average molecular weight is 493 g/mol. The van der Waals surface area contributed by atoms with Crippen LogP contribution in [0.1, 0.15) is 22.8 Å². The zero-order valence-corrected chi connectivity index (χ0v) is 21.1. The van der Waals surface area contributed by atoms with Crippen LogP contribution in [0.4, 0.5) is 5.95 Å². The van der Waals surface area contributed by atoms with Crippen molar-refractivity contribution < 1.29 is 9.53 Å². The van der Waals surface area contributed by atoms with Crippen LogP contribution < -0.4 is 9.64 Å². The van der Waals surface area contributed by atoms with Crippen LogP contribution in [-0.2, 0) is 0 Å². The summed E-state index contributed by atoms with van der Waals surface area (Å²) in [6.45, 7) is 5.99. The minimum atomic E-state index is 0.00472. The first-order valence-electron chi connectivity index (χ1n) is 12.4. The molecule has 1 aliphatic rings. The van der Waals surface area contributed by atoms with Gasteiger partial charge < -0.3 is 14.5 Å². The highest BCUT2D eigenvalue weighted by Crippen LogP contribution is 2.30. The minimum absolute atomic E-state index is 0.00472. The van der Waals surface area contributed by atoms with Crippen molar-refractivity contribution in [3.63, 3.8) is 0 Å². The number of aryl methyl sites for hydroxylation is 1. The van der Waals surface area contributed by atoms with E-state index < -0.39 is 0 Å². The van der Waals surface area contributed by atoms with Gasteiger partial charge in [0.05, 0.1) is 12.6 Å². The smallest absolute Gasteiger partial charge is 0.254 e. The molecule has 0 saturated carbocycles. The molecule has 37 heavy (non-hydrogen) atoms. The van der Waals surface area contributed by atoms with Crippen LogP contribution in [0.5, 0.6) is 5.75 Å². The third-order valence-electron chi connectivity index (χ3n) is 7.12. The summed E-state index contributed by atoms with van der Waals surface area (Å²) in [6, 6.07) is 23.6. The van der Waals surface area contributed by atoms with Gasteiger partial charge in [0, 0.05) is 42.2 Å². The zero-order chi connectivity index (χ0) is 25.5. The molecule has 0 spiro atoms. The molecule has 1 atom stereocenters. The maximum atomic E-state index is 13.4. The molecular formula is C29H28N6O2. The van der Waals surface area contributed by atoms with Crippen molar-refractivity contribution in [3.8, 4) is 17.1 Å². The summed E-state index contributed by atoms with van der Waals surface area (Å²) in [4.78, 5) is 22.6. The topological polar surface area (TPSA) is 75.9 Å². The van der Waals surface area contributed by atoms with E-state index in [0.717, 1.165) is 50.8 Å². The molecule has 2 aromatic heterocycles. The molecule has 0 radical (unpaired) electrons. The lowest BCUT2D eigenvalue weighted by atomic mass is 10.1. The molecule has 0 bridgehead atoms. The number of anilines is 1. The highest BCUT2D eigenvalue weighted by atomic mass is 16.5. The molecule has 0 N–H and O–H groups in total. The lowest BCUT2D eigenvalue weighted by molar-refractivity contribution is 0.0672. The van der Waals surface area contributed by atoms with Crippen molar-refractivity contribution in [2.75, 3.05) is 31.6 Å². The Balaban J connectivity index is 1.41. The highest BCUT2D eigenvalue weighted by Gasteiger charge is 2.31. The molecule has 3 heterocycles. The van der Waals surface area contributed by atoms with E-state index in [2.05, 4.69) is 22.0 Å². The fraction of sp³-hybridized carbons (Fsp3) is 0.241. The number of rotatable bonds is 4. The van der Waals surface area contributed by atoms with Crippen molar-refractivity contribution in [3.05, 3.63) is 83.9 Å². The second kappa shape index (κ2) is 9.20. The number of amides is 1. The minimum Gasteiger partial charge on any atom is -0.497 e. The number of carbonyl (C=O) groups excluding carboxylic acids is 1. The number of hydrogen-bond acceptors (Lipinski definition) is 6. The van der Waals surface area contributed by atoms with E-state index in [-0.39, 0.29) is 11.9 Å². The molecule has 3 aromatic carbocycles. The Labute approximate surface area is 215 Å². The molecule has 1 amide bonds. The van der Waals surface area contributed by atoms with E-state index in [1.54, 1.807) is 7.11 Å². The molecule has 1 saturated heterocycles. The van der Waals surface area contributed by atoms with Crippen molar-refractivity contribution in [1.29, 1.82) is 0 Å². The van der Waals surface area contributed by atoms with Crippen LogP contribution in [0, 0.1) is 6.92 Å². The number of fused-ring (bicyclic) bond motifs is 3. The number of carbonyl (C=O) groups is 1. The van der Waals surface area contributed by atoms with E-state index in [1.807, 2.05) is 89.0 Å². The van der Waals surface area contributed by atoms with E-state index in [9.17, 15) is 4.79 Å². The van der Waals surface area contributed by atoms with E-state index in [1.165, 1.54) is 0 Å². The predicted molar refractivity (Wildman–Crippen MR) is 144 cm³/mol. The summed E-state index contributed by atoms with van der Waals surface area (Å²) in [5, 5.41) is 10.1. The van der Waals surface area contributed by atoms with E-state index in [4.69, 9.17) is 9.72 Å². The average Bonchev–Trinajstić information content (AvgIpc) is 3.38.